The average molecular weight is 308 g/mol. The molecule has 0 spiro atoms. The van der Waals surface area contributed by atoms with E-state index < -0.39 is 5.41 Å². The summed E-state index contributed by atoms with van der Waals surface area (Å²) in [4.78, 5) is 13.2. The van der Waals surface area contributed by atoms with Crippen LogP contribution in [0.15, 0.2) is 6.07 Å². The molecule has 2 rings (SSSR count). The third kappa shape index (κ3) is 2.73. The smallest absolute Gasteiger partial charge is 0.182 e. The number of ketones is 1. The molecule has 1 aromatic rings. The van der Waals surface area contributed by atoms with Gasteiger partial charge in [-0.15, -0.1) is 11.3 Å². The molecule has 1 N–H and O–H groups in total. The number of hydrogen-bond donors (Lipinski definition) is 1. The van der Waals surface area contributed by atoms with E-state index in [2.05, 4.69) is 5.32 Å². The second-order valence-corrected chi connectivity index (χ2v) is 6.47. The SMILES string of the molecule is CCOCC1(C(=O)c2cc(Cl)c(Cl)s2)CCNC1. The highest BCUT2D eigenvalue weighted by Gasteiger charge is 2.42. The number of Topliss-reactive ketones (excluding diaryl/α,β-unsaturated/α-hetero) is 1. The minimum atomic E-state index is -0.465. The van der Waals surface area contributed by atoms with Gasteiger partial charge in [-0.1, -0.05) is 23.2 Å². The lowest BCUT2D eigenvalue weighted by molar-refractivity contribution is 0.0470. The fourth-order valence-corrected chi connectivity index (χ4v) is 3.57. The molecule has 0 bridgehead atoms. The largest absolute Gasteiger partial charge is 0.381 e. The van der Waals surface area contributed by atoms with Crippen LogP contribution in [0.5, 0.6) is 0 Å². The summed E-state index contributed by atoms with van der Waals surface area (Å²) >= 11 is 13.1. The maximum Gasteiger partial charge on any atom is 0.182 e. The van der Waals surface area contributed by atoms with E-state index in [9.17, 15) is 4.79 Å². The highest BCUT2D eigenvalue weighted by molar-refractivity contribution is 7.18. The van der Waals surface area contributed by atoms with E-state index in [0.29, 0.717) is 34.0 Å². The van der Waals surface area contributed by atoms with Gasteiger partial charge in [0, 0.05) is 13.2 Å². The molecule has 0 aromatic carbocycles. The molecule has 1 atom stereocenters. The van der Waals surface area contributed by atoms with E-state index in [1.54, 1.807) is 6.07 Å². The summed E-state index contributed by atoms with van der Waals surface area (Å²) in [5.41, 5.74) is -0.465. The first kappa shape index (κ1) is 14.3. The standard InChI is InChI=1S/C12H15Cl2NO2S/c1-2-17-7-12(3-4-15-6-12)10(16)9-5-8(13)11(14)18-9/h5,15H,2-4,6-7H2,1H3. The lowest BCUT2D eigenvalue weighted by Gasteiger charge is -2.25. The molecule has 1 aliphatic rings. The summed E-state index contributed by atoms with van der Waals surface area (Å²) in [6, 6.07) is 1.66. The quantitative estimate of drug-likeness (QED) is 0.849. The van der Waals surface area contributed by atoms with Crippen LogP contribution in [-0.2, 0) is 4.74 Å². The summed E-state index contributed by atoms with van der Waals surface area (Å²) in [5.74, 6) is 0.0831. The summed E-state index contributed by atoms with van der Waals surface area (Å²) in [5, 5.41) is 3.68. The van der Waals surface area contributed by atoms with Gasteiger partial charge in [0.25, 0.3) is 0 Å². The second kappa shape index (κ2) is 5.88. The van der Waals surface area contributed by atoms with Crippen LogP contribution in [0.3, 0.4) is 0 Å². The van der Waals surface area contributed by atoms with Crippen molar-refractivity contribution in [2.24, 2.45) is 5.41 Å². The van der Waals surface area contributed by atoms with Crippen LogP contribution in [0.2, 0.25) is 9.36 Å². The van der Waals surface area contributed by atoms with Gasteiger partial charge in [0.2, 0.25) is 0 Å². The number of carbonyl (C=O) groups is 1. The third-order valence-corrected chi connectivity index (χ3v) is 5.04. The maximum atomic E-state index is 12.6. The van der Waals surface area contributed by atoms with Crippen LogP contribution >= 0.6 is 34.5 Å². The number of thiophene rings is 1. The van der Waals surface area contributed by atoms with Gasteiger partial charge in [-0.25, -0.2) is 0 Å². The Bertz CT molecular complexity index is 422. The predicted octanol–water partition coefficient (Wildman–Crippen LogP) is 3.25. The molecule has 0 amide bonds. The lowest BCUT2D eigenvalue weighted by atomic mass is 9.82. The van der Waals surface area contributed by atoms with Crippen LogP contribution in [0.1, 0.15) is 23.0 Å². The Morgan fingerprint density at radius 2 is 2.39 bits per heavy atom. The molecule has 1 saturated heterocycles. The number of ether oxygens (including phenoxy) is 1. The van der Waals surface area contributed by atoms with Gasteiger partial charge in [-0.2, -0.15) is 0 Å². The zero-order valence-corrected chi connectivity index (χ0v) is 12.4. The monoisotopic (exact) mass is 307 g/mol. The topological polar surface area (TPSA) is 38.3 Å². The number of rotatable bonds is 5. The van der Waals surface area contributed by atoms with E-state index in [1.807, 2.05) is 6.92 Å². The molecule has 0 aliphatic carbocycles. The number of nitrogens with one attached hydrogen (secondary N) is 1. The Hall–Kier alpha value is -0.130. The Labute approximate surface area is 120 Å². The van der Waals surface area contributed by atoms with Crippen LogP contribution in [0.4, 0.5) is 0 Å². The highest BCUT2D eigenvalue weighted by atomic mass is 35.5. The maximum absolute atomic E-state index is 12.6. The number of hydrogen-bond acceptors (Lipinski definition) is 4. The molecule has 1 fully saturated rings. The molecule has 1 aromatic heterocycles. The summed E-state index contributed by atoms with van der Waals surface area (Å²) in [6.45, 7) is 4.48. The molecule has 1 aliphatic heterocycles. The van der Waals surface area contributed by atoms with E-state index in [-0.39, 0.29) is 5.78 Å². The molecule has 18 heavy (non-hydrogen) atoms. The molecular weight excluding hydrogens is 293 g/mol. The first-order valence-electron chi connectivity index (χ1n) is 5.87. The van der Waals surface area contributed by atoms with E-state index >= 15 is 0 Å². The van der Waals surface area contributed by atoms with Gasteiger partial charge in [0.05, 0.1) is 21.9 Å². The van der Waals surface area contributed by atoms with Gasteiger partial charge in [-0.05, 0) is 26.0 Å². The van der Waals surface area contributed by atoms with Crippen molar-refractivity contribution < 1.29 is 9.53 Å². The predicted molar refractivity (Wildman–Crippen MR) is 75.1 cm³/mol. The zero-order chi connectivity index (χ0) is 13.2. The first-order valence-corrected chi connectivity index (χ1v) is 7.44. The van der Waals surface area contributed by atoms with Crippen LogP contribution in [-0.4, -0.2) is 32.1 Å². The lowest BCUT2D eigenvalue weighted by Crippen LogP contribution is -2.37. The molecule has 2 heterocycles. The van der Waals surface area contributed by atoms with Crippen molar-refractivity contribution >= 4 is 40.3 Å². The Kier molecular flexibility index (Phi) is 4.67. The molecule has 6 heteroatoms. The van der Waals surface area contributed by atoms with Crippen molar-refractivity contribution in [1.29, 1.82) is 0 Å². The number of carbonyl (C=O) groups excluding carboxylic acids is 1. The molecule has 3 nitrogen and oxygen atoms in total. The molecule has 100 valence electrons. The minimum absolute atomic E-state index is 0.0831. The molecule has 0 radical (unpaired) electrons. The fraction of sp³-hybridized carbons (Fsp3) is 0.583. The third-order valence-electron chi connectivity index (χ3n) is 3.18. The second-order valence-electron chi connectivity index (χ2n) is 4.41. The summed E-state index contributed by atoms with van der Waals surface area (Å²) in [6.07, 6.45) is 0.791. The van der Waals surface area contributed by atoms with Crippen LogP contribution < -0.4 is 5.32 Å². The van der Waals surface area contributed by atoms with Gasteiger partial charge < -0.3 is 10.1 Å². The summed E-state index contributed by atoms with van der Waals surface area (Å²) < 4.78 is 5.95. The zero-order valence-electron chi connectivity index (χ0n) is 10.1. The van der Waals surface area contributed by atoms with Crippen molar-refractivity contribution in [3.8, 4) is 0 Å². The molecule has 1 unspecified atom stereocenters. The average Bonchev–Trinajstić information content (AvgIpc) is 2.95. The van der Waals surface area contributed by atoms with Gasteiger partial charge in [0.1, 0.15) is 4.34 Å². The first-order chi connectivity index (χ1) is 8.59. The van der Waals surface area contributed by atoms with E-state index in [4.69, 9.17) is 27.9 Å². The number of halogens is 2. The molecule has 0 saturated carbocycles. The van der Waals surface area contributed by atoms with E-state index in [0.717, 1.165) is 13.0 Å². The van der Waals surface area contributed by atoms with Gasteiger partial charge >= 0.3 is 0 Å². The van der Waals surface area contributed by atoms with Crippen molar-refractivity contribution in [2.75, 3.05) is 26.3 Å². The Morgan fingerprint density at radius 1 is 1.61 bits per heavy atom. The van der Waals surface area contributed by atoms with Gasteiger partial charge in [0.15, 0.2) is 5.78 Å². The fourth-order valence-electron chi connectivity index (χ4n) is 2.14. The Morgan fingerprint density at radius 3 is 2.89 bits per heavy atom. The Balaban J connectivity index is 2.23. The van der Waals surface area contributed by atoms with Crippen LogP contribution in [0.25, 0.3) is 0 Å². The molecular formula is C12H15Cl2NO2S. The normalized spacial score (nSPS) is 23.5. The minimum Gasteiger partial charge on any atom is -0.381 e. The highest BCUT2D eigenvalue weighted by Crippen LogP contribution is 2.37. The van der Waals surface area contributed by atoms with Crippen molar-refractivity contribution in [2.45, 2.75) is 13.3 Å². The van der Waals surface area contributed by atoms with Crippen LogP contribution in [0, 0.1) is 5.41 Å². The van der Waals surface area contributed by atoms with Gasteiger partial charge in [-0.3, -0.25) is 4.79 Å². The van der Waals surface area contributed by atoms with Crippen molar-refractivity contribution in [3.05, 3.63) is 20.3 Å². The van der Waals surface area contributed by atoms with E-state index in [1.165, 1.54) is 11.3 Å². The van der Waals surface area contributed by atoms with Crippen molar-refractivity contribution in [1.82, 2.24) is 5.32 Å². The van der Waals surface area contributed by atoms with Crippen molar-refractivity contribution in [3.63, 3.8) is 0 Å². The summed E-state index contributed by atoms with van der Waals surface area (Å²) in [7, 11) is 0.